The van der Waals surface area contributed by atoms with E-state index in [2.05, 4.69) is 49.5 Å². The molecule has 18 heavy (non-hydrogen) atoms. The summed E-state index contributed by atoms with van der Waals surface area (Å²) in [5.74, 6) is 0.507. The second-order valence-corrected chi connectivity index (χ2v) is 5.35. The van der Waals surface area contributed by atoms with Crippen molar-refractivity contribution in [1.82, 2.24) is 5.32 Å². The van der Waals surface area contributed by atoms with Gasteiger partial charge in [-0.1, -0.05) is 50.6 Å². The van der Waals surface area contributed by atoms with E-state index in [4.69, 9.17) is 0 Å². The lowest BCUT2D eigenvalue weighted by Gasteiger charge is -2.22. The van der Waals surface area contributed by atoms with Gasteiger partial charge in [0.25, 0.3) is 0 Å². The molecule has 0 heterocycles. The molecule has 3 unspecified atom stereocenters. The monoisotopic (exact) mass is 249 g/mol. The van der Waals surface area contributed by atoms with Crippen LogP contribution in [-0.2, 0) is 0 Å². The Bertz CT molecular complexity index is 310. The highest BCUT2D eigenvalue weighted by atomic mass is 16.3. The third-order valence-corrected chi connectivity index (χ3v) is 3.24. The fourth-order valence-electron chi connectivity index (χ4n) is 2.37. The summed E-state index contributed by atoms with van der Waals surface area (Å²) in [4.78, 5) is 0. The van der Waals surface area contributed by atoms with Gasteiger partial charge in [-0.3, -0.25) is 0 Å². The number of aliphatic hydroxyl groups excluding tert-OH is 1. The van der Waals surface area contributed by atoms with E-state index in [1.165, 1.54) is 12.0 Å². The molecule has 0 saturated carbocycles. The molecule has 1 aromatic carbocycles. The number of hydrogen-bond acceptors (Lipinski definition) is 2. The molecular weight excluding hydrogens is 222 g/mol. The molecule has 1 rings (SSSR count). The lowest BCUT2D eigenvalue weighted by Crippen LogP contribution is -2.27. The molecule has 0 aliphatic heterocycles. The Labute approximate surface area is 111 Å². The predicted octanol–water partition coefficient (Wildman–Crippen LogP) is 3.52. The molecule has 2 nitrogen and oxygen atoms in total. The average molecular weight is 249 g/mol. The van der Waals surface area contributed by atoms with Crippen LogP contribution in [0.5, 0.6) is 0 Å². The van der Waals surface area contributed by atoms with Gasteiger partial charge in [0.15, 0.2) is 0 Å². The number of benzene rings is 1. The van der Waals surface area contributed by atoms with Gasteiger partial charge in [0.1, 0.15) is 0 Å². The van der Waals surface area contributed by atoms with Gasteiger partial charge < -0.3 is 10.4 Å². The van der Waals surface area contributed by atoms with Crippen LogP contribution in [0.1, 0.15) is 51.6 Å². The highest BCUT2D eigenvalue weighted by Gasteiger charge is 2.12. The zero-order valence-electron chi connectivity index (χ0n) is 11.9. The van der Waals surface area contributed by atoms with E-state index < -0.39 is 0 Å². The molecule has 0 aliphatic carbocycles. The minimum Gasteiger partial charge on any atom is -0.393 e. The van der Waals surface area contributed by atoms with Gasteiger partial charge in [-0.2, -0.15) is 0 Å². The van der Waals surface area contributed by atoms with Gasteiger partial charge in [0.2, 0.25) is 0 Å². The normalized spacial score (nSPS) is 16.2. The number of nitrogens with one attached hydrogen (secondary N) is 1. The third-order valence-electron chi connectivity index (χ3n) is 3.24. The number of hydrogen-bond donors (Lipinski definition) is 2. The Kier molecular flexibility index (Phi) is 6.99. The van der Waals surface area contributed by atoms with E-state index in [1.807, 2.05) is 6.92 Å². The van der Waals surface area contributed by atoms with Crippen molar-refractivity contribution in [3.63, 3.8) is 0 Å². The molecule has 0 fully saturated rings. The summed E-state index contributed by atoms with van der Waals surface area (Å²) in [6.45, 7) is 7.23. The Morgan fingerprint density at radius 1 is 1.17 bits per heavy atom. The van der Waals surface area contributed by atoms with Crippen LogP contribution in [-0.4, -0.2) is 17.8 Å². The minimum atomic E-state index is -0.205. The molecule has 1 aromatic rings. The molecular formula is C16H27NO. The van der Waals surface area contributed by atoms with Crippen LogP contribution < -0.4 is 5.32 Å². The molecule has 3 atom stereocenters. The van der Waals surface area contributed by atoms with Crippen molar-refractivity contribution in [2.45, 2.75) is 52.2 Å². The van der Waals surface area contributed by atoms with Crippen LogP contribution in [0, 0.1) is 5.92 Å². The summed E-state index contributed by atoms with van der Waals surface area (Å²) >= 11 is 0. The van der Waals surface area contributed by atoms with Gasteiger partial charge in [-0.05, 0) is 37.8 Å². The van der Waals surface area contributed by atoms with Crippen molar-refractivity contribution in [2.24, 2.45) is 5.92 Å². The largest absolute Gasteiger partial charge is 0.393 e. The fraction of sp³-hybridized carbons (Fsp3) is 0.625. The van der Waals surface area contributed by atoms with Crippen molar-refractivity contribution in [1.29, 1.82) is 0 Å². The quantitative estimate of drug-likeness (QED) is 0.739. The molecule has 0 aliphatic rings. The number of aliphatic hydroxyl groups is 1. The zero-order chi connectivity index (χ0) is 13.4. The fourth-order valence-corrected chi connectivity index (χ4v) is 2.37. The standard InChI is InChI=1S/C16H27NO/c1-4-8-16(15-9-6-5-7-10-15)17-12-13(2)11-14(3)18/h5-7,9-10,13-14,16-18H,4,8,11-12H2,1-3H3. The second kappa shape index (κ2) is 8.28. The summed E-state index contributed by atoms with van der Waals surface area (Å²) in [6.07, 6.45) is 2.99. The Morgan fingerprint density at radius 2 is 1.83 bits per heavy atom. The topological polar surface area (TPSA) is 32.3 Å². The van der Waals surface area contributed by atoms with Crippen LogP contribution in [0.4, 0.5) is 0 Å². The van der Waals surface area contributed by atoms with Crippen LogP contribution in [0.15, 0.2) is 30.3 Å². The van der Waals surface area contributed by atoms with E-state index in [-0.39, 0.29) is 6.10 Å². The molecule has 2 N–H and O–H groups in total. The van der Waals surface area contributed by atoms with E-state index in [0.29, 0.717) is 12.0 Å². The summed E-state index contributed by atoms with van der Waals surface area (Å²) < 4.78 is 0. The lowest BCUT2D eigenvalue weighted by atomic mass is 10.00. The maximum Gasteiger partial charge on any atom is 0.0515 e. The predicted molar refractivity (Wildman–Crippen MR) is 77.6 cm³/mol. The van der Waals surface area contributed by atoms with Gasteiger partial charge in [-0.15, -0.1) is 0 Å². The summed E-state index contributed by atoms with van der Waals surface area (Å²) in [5, 5.41) is 13.0. The first kappa shape index (κ1) is 15.2. The van der Waals surface area contributed by atoms with Crippen LogP contribution in [0.3, 0.4) is 0 Å². The molecule has 102 valence electrons. The van der Waals surface area contributed by atoms with Gasteiger partial charge in [-0.25, -0.2) is 0 Å². The Morgan fingerprint density at radius 3 is 2.39 bits per heavy atom. The molecule has 0 spiro atoms. The summed E-state index contributed by atoms with van der Waals surface area (Å²) in [5.41, 5.74) is 1.36. The molecule has 0 aromatic heterocycles. The van der Waals surface area contributed by atoms with Crippen molar-refractivity contribution >= 4 is 0 Å². The maximum absolute atomic E-state index is 9.38. The van der Waals surface area contributed by atoms with Crippen LogP contribution in [0.2, 0.25) is 0 Å². The molecule has 0 saturated heterocycles. The van der Waals surface area contributed by atoms with E-state index in [9.17, 15) is 5.11 Å². The van der Waals surface area contributed by atoms with Crippen molar-refractivity contribution < 1.29 is 5.11 Å². The SMILES string of the molecule is CCCC(NCC(C)CC(C)O)c1ccccc1. The lowest BCUT2D eigenvalue weighted by molar-refractivity contribution is 0.162. The summed E-state index contributed by atoms with van der Waals surface area (Å²) in [7, 11) is 0. The highest BCUT2D eigenvalue weighted by molar-refractivity contribution is 5.18. The van der Waals surface area contributed by atoms with Gasteiger partial charge >= 0.3 is 0 Å². The number of rotatable bonds is 8. The maximum atomic E-state index is 9.38. The van der Waals surface area contributed by atoms with E-state index in [1.54, 1.807) is 0 Å². The first-order chi connectivity index (χ1) is 8.63. The van der Waals surface area contributed by atoms with E-state index >= 15 is 0 Å². The summed E-state index contributed by atoms with van der Waals surface area (Å²) in [6, 6.07) is 11.1. The van der Waals surface area contributed by atoms with Gasteiger partial charge in [0.05, 0.1) is 6.10 Å². The Balaban J connectivity index is 2.48. The second-order valence-electron chi connectivity index (χ2n) is 5.35. The van der Waals surface area contributed by atoms with Crippen molar-refractivity contribution in [2.75, 3.05) is 6.54 Å². The minimum absolute atomic E-state index is 0.205. The molecule has 2 heteroatoms. The van der Waals surface area contributed by atoms with Crippen molar-refractivity contribution in [3.8, 4) is 0 Å². The molecule has 0 radical (unpaired) electrons. The van der Waals surface area contributed by atoms with Crippen molar-refractivity contribution in [3.05, 3.63) is 35.9 Å². The smallest absolute Gasteiger partial charge is 0.0515 e. The first-order valence-electron chi connectivity index (χ1n) is 7.09. The third kappa shape index (κ3) is 5.65. The Hall–Kier alpha value is -0.860. The highest BCUT2D eigenvalue weighted by Crippen LogP contribution is 2.18. The molecule has 0 amide bonds. The van der Waals surface area contributed by atoms with Gasteiger partial charge in [0, 0.05) is 6.04 Å². The van der Waals surface area contributed by atoms with Crippen LogP contribution >= 0.6 is 0 Å². The zero-order valence-corrected chi connectivity index (χ0v) is 11.9. The first-order valence-corrected chi connectivity index (χ1v) is 7.09. The van der Waals surface area contributed by atoms with E-state index in [0.717, 1.165) is 19.4 Å². The average Bonchev–Trinajstić information content (AvgIpc) is 2.34. The molecule has 0 bridgehead atoms. The van der Waals surface area contributed by atoms with Crippen LogP contribution in [0.25, 0.3) is 0 Å².